The van der Waals surface area contributed by atoms with Gasteiger partial charge in [-0.1, -0.05) is 117 Å². The van der Waals surface area contributed by atoms with E-state index < -0.39 is 17.9 Å². The number of thioether (sulfide) groups is 1. The van der Waals surface area contributed by atoms with E-state index in [9.17, 15) is 19.5 Å². The molecular weight excluding hydrogens is 707 g/mol. The lowest BCUT2D eigenvalue weighted by molar-refractivity contribution is -0.152. The minimum absolute atomic E-state index is 0.00526. The third-order valence-electron chi connectivity index (χ3n) is 9.63. The van der Waals surface area contributed by atoms with Crippen molar-refractivity contribution in [1.29, 1.82) is 0 Å². The zero-order valence-corrected chi connectivity index (χ0v) is 32.9. The molecule has 0 radical (unpaired) electrons. The molecule has 0 saturated carbocycles. The highest BCUT2D eigenvalue weighted by atomic mass is 32.2. The van der Waals surface area contributed by atoms with Gasteiger partial charge in [-0.3, -0.25) is 14.6 Å². The molecule has 0 fully saturated rings. The monoisotopic (exact) mass is 757 g/mol. The molecule has 5 aromatic rings. The van der Waals surface area contributed by atoms with Crippen LogP contribution < -0.4 is 10.1 Å². The largest absolute Gasteiger partial charge is 0.489 e. The topological polar surface area (TPSA) is 99.2 Å². The molecule has 0 spiro atoms. The Morgan fingerprint density at radius 3 is 2.07 bits per heavy atom. The summed E-state index contributed by atoms with van der Waals surface area (Å²) < 4.78 is 6.06. The van der Waals surface area contributed by atoms with Gasteiger partial charge in [0.1, 0.15) is 18.4 Å². The first kappa shape index (κ1) is 40.8. The van der Waals surface area contributed by atoms with Crippen LogP contribution in [-0.2, 0) is 29.3 Å². The predicted octanol–water partition coefficient (Wildman–Crippen LogP) is 9.14. The number of hydrogen-bond acceptors (Lipinski definition) is 6. The highest BCUT2D eigenvalue weighted by Crippen LogP contribution is 2.30. The number of benzene rings is 5. The van der Waals surface area contributed by atoms with Gasteiger partial charge in [0.2, 0.25) is 5.91 Å². The number of hydrazine groups is 1. The predicted molar refractivity (Wildman–Crippen MR) is 222 cm³/mol. The van der Waals surface area contributed by atoms with E-state index in [1.807, 2.05) is 134 Å². The Kier molecular flexibility index (Phi) is 15.1. The van der Waals surface area contributed by atoms with Gasteiger partial charge in [-0.05, 0) is 88.6 Å². The van der Waals surface area contributed by atoms with Crippen LogP contribution in [0.2, 0.25) is 0 Å². The maximum absolute atomic E-state index is 13.8. The van der Waals surface area contributed by atoms with E-state index in [4.69, 9.17) is 4.74 Å². The molecule has 8 nitrogen and oxygen atoms in total. The zero-order chi connectivity index (χ0) is 39.2. The molecule has 0 aliphatic heterocycles. The summed E-state index contributed by atoms with van der Waals surface area (Å²) >= 11 is 1.54. The summed E-state index contributed by atoms with van der Waals surface area (Å²) in [4.78, 5) is 39.7. The minimum atomic E-state index is -1.06. The van der Waals surface area contributed by atoms with Crippen molar-refractivity contribution in [3.63, 3.8) is 0 Å². The molecule has 2 unspecified atom stereocenters. The van der Waals surface area contributed by atoms with Gasteiger partial charge in [-0.2, -0.15) is 11.8 Å². The fourth-order valence-electron chi connectivity index (χ4n) is 6.50. The molecule has 2 amide bonds. The molecule has 0 saturated heterocycles. The van der Waals surface area contributed by atoms with Crippen LogP contribution in [0.15, 0.2) is 127 Å². The summed E-state index contributed by atoms with van der Waals surface area (Å²) in [5.74, 6) is -0.0672. The van der Waals surface area contributed by atoms with Crippen molar-refractivity contribution in [3.05, 3.63) is 161 Å². The molecule has 5 rings (SSSR count). The average Bonchev–Trinajstić information content (AvgIpc) is 3.21. The van der Waals surface area contributed by atoms with E-state index >= 15 is 0 Å². The van der Waals surface area contributed by atoms with Crippen molar-refractivity contribution in [2.45, 2.75) is 65.3 Å². The molecule has 0 aromatic heterocycles. The summed E-state index contributed by atoms with van der Waals surface area (Å²) in [5.41, 5.74) is 7.09. The highest BCUT2D eigenvalue weighted by molar-refractivity contribution is 7.98. The van der Waals surface area contributed by atoms with Crippen LogP contribution in [0.3, 0.4) is 0 Å². The van der Waals surface area contributed by atoms with Gasteiger partial charge in [0.05, 0.1) is 0 Å². The van der Waals surface area contributed by atoms with Crippen LogP contribution in [0.1, 0.15) is 70.8 Å². The summed E-state index contributed by atoms with van der Waals surface area (Å²) in [6, 6.07) is 40.7. The van der Waals surface area contributed by atoms with E-state index in [1.165, 1.54) is 11.8 Å². The number of hydrogen-bond donors (Lipinski definition) is 2. The molecule has 0 aliphatic carbocycles. The quantitative estimate of drug-likeness (QED) is 0.0811. The van der Waals surface area contributed by atoms with E-state index in [0.29, 0.717) is 56.0 Å². The number of aryl methyl sites for hydroxylation is 1. The number of nitrogens with zero attached hydrogens (tertiary/aromatic N) is 2. The first-order chi connectivity index (χ1) is 26.7. The van der Waals surface area contributed by atoms with Gasteiger partial charge in [0.15, 0.2) is 0 Å². The smallest absolute Gasteiger partial charge is 0.326 e. The van der Waals surface area contributed by atoms with Crippen LogP contribution in [0.25, 0.3) is 11.1 Å². The van der Waals surface area contributed by atoms with E-state index in [2.05, 4.69) is 29.4 Å². The third kappa shape index (κ3) is 11.6. The van der Waals surface area contributed by atoms with Crippen LogP contribution in [-0.4, -0.2) is 57.5 Å². The SMILES string of the molecule is CCC(=O)N(CC(C)c1ccccc1)N(Cc1ccc(OCc2ccccc2)cc1)Cc1ccc(C(=O)NC(CCSC)C(=O)O)c(-c2ccccc2C)c1. The number of carbonyl (C=O) groups excluding carboxylic acids is 2. The lowest BCUT2D eigenvalue weighted by Gasteiger charge is -2.37. The van der Waals surface area contributed by atoms with Gasteiger partial charge >= 0.3 is 5.97 Å². The number of amides is 2. The maximum atomic E-state index is 13.8. The lowest BCUT2D eigenvalue weighted by Crippen LogP contribution is -2.47. The maximum Gasteiger partial charge on any atom is 0.326 e. The molecule has 0 aliphatic rings. The number of rotatable bonds is 19. The fourth-order valence-corrected chi connectivity index (χ4v) is 6.97. The van der Waals surface area contributed by atoms with E-state index in [-0.39, 0.29) is 11.8 Å². The summed E-state index contributed by atoms with van der Waals surface area (Å²) in [6.45, 7) is 7.79. The zero-order valence-electron chi connectivity index (χ0n) is 32.1. The summed E-state index contributed by atoms with van der Waals surface area (Å²) in [7, 11) is 0. The number of carbonyl (C=O) groups is 3. The van der Waals surface area contributed by atoms with Crippen LogP contribution in [0, 0.1) is 6.92 Å². The molecule has 0 heterocycles. The van der Waals surface area contributed by atoms with Gasteiger partial charge in [0.25, 0.3) is 5.91 Å². The fraction of sp³-hybridized carbons (Fsp3) is 0.283. The normalized spacial score (nSPS) is 12.2. The Balaban J connectivity index is 1.49. The molecule has 0 bridgehead atoms. The van der Waals surface area contributed by atoms with E-state index in [0.717, 1.165) is 39.1 Å². The van der Waals surface area contributed by atoms with Gasteiger partial charge < -0.3 is 15.2 Å². The molecule has 2 atom stereocenters. The van der Waals surface area contributed by atoms with Crippen LogP contribution in [0.4, 0.5) is 0 Å². The molecule has 9 heteroatoms. The Morgan fingerprint density at radius 2 is 1.42 bits per heavy atom. The van der Waals surface area contributed by atoms with Crippen molar-refractivity contribution in [3.8, 4) is 16.9 Å². The molecule has 2 N–H and O–H groups in total. The standard InChI is InChI=1S/C46H51N3O5S/c1-5-44(50)49(29-34(3)38-17-10-7-11-18-38)48(30-35-20-23-39(24-21-35)54-32-36-15-8-6-9-16-36)31-37-22-25-41(42(28-37)40-19-13-12-14-33(40)2)45(51)47-43(46(52)53)26-27-55-4/h6-25,28,34,43H,5,26-27,29-32H2,1-4H3,(H,47,51)(H,52,53). The van der Waals surface area contributed by atoms with Gasteiger partial charge in [-0.15, -0.1) is 0 Å². The average molecular weight is 758 g/mol. The van der Waals surface area contributed by atoms with Crippen molar-refractivity contribution < 1.29 is 24.2 Å². The van der Waals surface area contributed by atoms with Gasteiger partial charge in [0, 0.05) is 37.5 Å². The summed E-state index contributed by atoms with van der Waals surface area (Å²) in [6.07, 6.45) is 2.56. The van der Waals surface area contributed by atoms with Gasteiger partial charge in [-0.25, -0.2) is 9.80 Å². The van der Waals surface area contributed by atoms with Crippen molar-refractivity contribution in [2.75, 3.05) is 18.6 Å². The van der Waals surface area contributed by atoms with E-state index in [1.54, 1.807) is 6.07 Å². The molecule has 55 heavy (non-hydrogen) atoms. The number of carboxylic acids is 1. The van der Waals surface area contributed by atoms with Crippen molar-refractivity contribution >= 4 is 29.5 Å². The third-order valence-corrected chi connectivity index (χ3v) is 10.3. The minimum Gasteiger partial charge on any atom is -0.489 e. The Labute approximate surface area is 329 Å². The molecular formula is C46H51N3O5S. The number of carboxylic acid groups (broad SMARTS) is 1. The second-order valence-corrected chi connectivity index (χ2v) is 14.7. The Hall–Kier alpha value is -5.38. The second-order valence-electron chi connectivity index (χ2n) is 13.7. The molecule has 286 valence electrons. The van der Waals surface area contributed by atoms with Crippen molar-refractivity contribution in [1.82, 2.24) is 15.3 Å². The summed E-state index contributed by atoms with van der Waals surface area (Å²) in [5, 5.41) is 16.6. The van der Waals surface area contributed by atoms with Crippen molar-refractivity contribution in [2.24, 2.45) is 0 Å². The molecule has 5 aromatic carbocycles. The van der Waals surface area contributed by atoms with Crippen LogP contribution in [0.5, 0.6) is 5.75 Å². The number of aliphatic carboxylic acids is 1. The highest BCUT2D eigenvalue weighted by Gasteiger charge is 2.26. The Morgan fingerprint density at radius 1 is 0.782 bits per heavy atom. The number of ether oxygens (including phenoxy) is 1. The number of nitrogens with one attached hydrogen (secondary N) is 1. The van der Waals surface area contributed by atoms with Crippen LogP contribution >= 0.6 is 11.8 Å². The second kappa shape index (κ2) is 20.3. The first-order valence-corrected chi connectivity index (χ1v) is 20.1. The first-order valence-electron chi connectivity index (χ1n) is 18.7. The Bertz CT molecular complexity index is 2010. The lowest BCUT2D eigenvalue weighted by atomic mass is 9.93.